The molecule has 0 aromatic rings. The number of hydrogen-bond donors (Lipinski definition) is 0. The molecule has 0 saturated carbocycles. The summed E-state index contributed by atoms with van der Waals surface area (Å²) in [4.78, 5) is 38.3. The monoisotopic (exact) mass is 1020 g/mol. The molecule has 0 fully saturated rings. The largest absolute Gasteiger partial charge is 0.462 e. The first kappa shape index (κ1) is 69.8. The molecule has 420 valence electrons. The number of carbonyl (C=O) groups excluding carboxylic acids is 3. The summed E-state index contributed by atoms with van der Waals surface area (Å²) in [6, 6.07) is 0. The fourth-order valence-electron chi connectivity index (χ4n) is 8.20. The smallest absolute Gasteiger partial charge is 0.306 e. The van der Waals surface area contributed by atoms with Crippen LogP contribution in [0.4, 0.5) is 0 Å². The van der Waals surface area contributed by atoms with Gasteiger partial charge < -0.3 is 14.2 Å². The summed E-state index contributed by atoms with van der Waals surface area (Å²) in [6.45, 7) is 6.39. The van der Waals surface area contributed by atoms with E-state index in [1.807, 2.05) is 0 Å². The average Bonchev–Trinajstić information content (AvgIpc) is 3.40. The van der Waals surface area contributed by atoms with Gasteiger partial charge in [0.15, 0.2) is 6.10 Å². The molecule has 74 heavy (non-hydrogen) atoms. The maximum Gasteiger partial charge on any atom is 0.306 e. The van der Waals surface area contributed by atoms with Crippen LogP contribution >= 0.6 is 0 Å². The molecule has 6 heteroatoms. The van der Waals surface area contributed by atoms with Gasteiger partial charge in [0, 0.05) is 19.3 Å². The third-order valence-corrected chi connectivity index (χ3v) is 12.7. The van der Waals surface area contributed by atoms with E-state index in [1.165, 1.54) is 70.6 Å². The van der Waals surface area contributed by atoms with E-state index in [1.54, 1.807) is 0 Å². The Kier molecular flexibility index (Phi) is 57.9. The zero-order valence-electron chi connectivity index (χ0n) is 48.1. The van der Waals surface area contributed by atoms with E-state index in [2.05, 4.69) is 142 Å². The van der Waals surface area contributed by atoms with Crippen molar-refractivity contribution < 1.29 is 28.6 Å². The Bertz CT molecular complexity index is 1550. The normalized spacial score (nSPS) is 13.0. The maximum absolute atomic E-state index is 12.9. The summed E-state index contributed by atoms with van der Waals surface area (Å²) in [5, 5.41) is 0. The second-order valence-corrected chi connectivity index (χ2v) is 19.9. The van der Waals surface area contributed by atoms with Crippen molar-refractivity contribution in [2.75, 3.05) is 13.2 Å². The molecule has 6 nitrogen and oxygen atoms in total. The van der Waals surface area contributed by atoms with Crippen LogP contribution in [0, 0.1) is 0 Å². The number of esters is 3. The molecule has 0 aromatic heterocycles. The van der Waals surface area contributed by atoms with Crippen LogP contribution in [-0.4, -0.2) is 37.2 Å². The zero-order valence-corrected chi connectivity index (χ0v) is 48.1. The number of hydrogen-bond acceptors (Lipinski definition) is 6. The second-order valence-electron chi connectivity index (χ2n) is 19.9. The van der Waals surface area contributed by atoms with Gasteiger partial charge in [-0.15, -0.1) is 0 Å². The van der Waals surface area contributed by atoms with E-state index in [9.17, 15) is 14.4 Å². The van der Waals surface area contributed by atoms with Crippen molar-refractivity contribution in [3.05, 3.63) is 122 Å². The van der Waals surface area contributed by atoms with Crippen molar-refractivity contribution >= 4 is 17.9 Å². The summed E-state index contributed by atoms with van der Waals surface area (Å²) in [5.41, 5.74) is 0. The van der Waals surface area contributed by atoms with Gasteiger partial charge in [0.1, 0.15) is 13.2 Å². The summed E-state index contributed by atoms with van der Waals surface area (Å²) in [7, 11) is 0. The lowest BCUT2D eigenvalue weighted by Gasteiger charge is -2.18. The summed E-state index contributed by atoms with van der Waals surface area (Å²) >= 11 is 0. The van der Waals surface area contributed by atoms with Crippen LogP contribution in [0.2, 0.25) is 0 Å². The van der Waals surface area contributed by atoms with Crippen molar-refractivity contribution in [2.45, 2.75) is 277 Å². The molecule has 0 N–H and O–H groups in total. The van der Waals surface area contributed by atoms with E-state index in [0.717, 1.165) is 161 Å². The quantitative estimate of drug-likeness (QED) is 0.0261. The molecule has 0 aliphatic heterocycles. The molecule has 0 spiro atoms. The zero-order chi connectivity index (χ0) is 53.6. The van der Waals surface area contributed by atoms with E-state index in [4.69, 9.17) is 14.2 Å². The van der Waals surface area contributed by atoms with Gasteiger partial charge in [0.05, 0.1) is 0 Å². The molecule has 0 bridgehead atoms. The van der Waals surface area contributed by atoms with Gasteiger partial charge in [-0.3, -0.25) is 14.4 Å². The van der Waals surface area contributed by atoms with Crippen molar-refractivity contribution in [1.29, 1.82) is 0 Å². The fourth-order valence-corrected chi connectivity index (χ4v) is 8.20. The van der Waals surface area contributed by atoms with Crippen LogP contribution in [0.5, 0.6) is 0 Å². The minimum absolute atomic E-state index is 0.0931. The number of rotatable bonds is 54. The predicted octanol–water partition coefficient (Wildman–Crippen LogP) is 20.8. The number of ether oxygens (including phenoxy) is 3. The third-order valence-electron chi connectivity index (χ3n) is 12.7. The first-order chi connectivity index (χ1) is 36.5. The van der Waals surface area contributed by atoms with Gasteiger partial charge in [-0.25, -0.2) is 0 Å². The highest BCUT2D eigenvalue weighted by atomic mass is 16.6. The van der Waals surface area contributed by atoms with Crippen LogP contribution in [0.3, 0.4) is 0 Å². The molecule has 0 amide bonds. The Hall–Kier alpha value is -4.19. The molecule has 0 heterocycles. The van der Waals surface area contributed by atoms with Gasteiger partial charge in [-0.2, -0.15) is 0 Å². The van der Waals surface area contributed by atoms with Crippen LogP contribution < -0.4 is 0 Å². The topological polar surface area (TPSA) is 78.9 Å². The van der Waals surface area contributed by atoms with Crippen LogP contribution in [-0.2, 0) is 28.6 Å². The summed E-state index contributed by atoms with van der Waals surface area (Å²) < 4.78 is 16.9. The number of allylic oxidation sites excluding steroid dienone is 20. The molecular weight excluding hydrogens is 913 g/mol. The molecule has 1 atom stereocenters. The van der Waals surface area contributed by atoms with E-state index < -0.39 is 6.10 Å². The van der Waals surface area contributed by atoms with Crippen molar-refractivity contribution in [3.63, 3.8) is 0 Å². The van der Waals surface area contributed by atoms with Gasteiger partial charge in [0.25, 0.3) is 0 Å². The van der Waals surface area contributed by atoms with Crippen LogP contribution in [0.25, 0.3) is 0 Å². The van der Waals surface area contributed by atoms with E-state index >= 15 is 0 Å². The van der Waals surface area contributed by atoms with Gasteiger partial charge in [0.2, 0.25) is 0 Å². The Morgan fingerprint density at radius 1 is 0.284 bits per heavy atom. The third kappa shape index (κ3) is 58.7. The van der Waals surface area contributed by atoms with Crippen LogP contribution in [0.15, 0.2) is 122 Å². The minimum Gasteiger partial charge on any atom is -0.462 e. The van der Waals surface area contributed by atoms with Gasteiger partial charge in [-0.1, -0.05) is 264 Å². The average molecular weight is 1030 g/mol. The van der Waals surface area contributed by atoms with Crippen molar-refractivity contribution in [3.8, 4) is 0 Å². The minimum atomic E-state index is -0.800. The first-order valence-electron chi connectivity index (χ1n) is 30.5. The lowest BCUT2D eigenvalue weighted by molar-refractivity contribution is -0.167. The molecule has 0 aromatic carbocycles. The summed E-state index contributed by atoms with van der Waals surface area (Å²) in [5.74, 6) is -0.928. The number of unbranched alkanes of at least 4 members (excludes halogenated alkanes) is 23. The molecule has 0 aliphatic carbocycles. The standard InChI is InChI=1S/C68H112O6/c1-4-7-10-13-16-19-22-25-28-30-32-34-36-38-40-43-46-49-52-55-58-61-67(70)73-64-65(63-72-66(69)60-57-54-51-48-45-42-27-24-21-18-15-12-9-6-3)74-68(71)62-59-56-53-50-47-44-41-39-37-35-33-31-29-26-23-20-17-14-11-8-5-2/h7-8,10-11,16-17,19-20,25-26,28-29,32-35,38-41,65H,4-6,9,12-15,18,21-24,27,30-31,36-37,42-64H2,1-3H3/b10-7-,11-8-,19-16-,20-17-,28-25-,29-26-,34-32-,35-33-,40-38-,41-39-. The molecule has 1 unspecified atom stereocenters. The molecule has 0 saturated heterocycles. The van der Waals surface area contributed by atoms with E-state index in [0.29, 0.717) is 19.3 Å². The Morgan fingerprint density at radius 2 is 0.527 bits per heavy atom. The molecule has 0 aliphatic rings. The predicted molar refractivity (Wildman–Crippen MR) is 320 cm³/mol. The second kappa shape index (κ2) is 61.4. The number of carbonyl (C=O) groups is 3. The van der Waals surface area contributed by atoms with Gasteiger partial charge in [-0.05, 0) is 109 Å². The highest BCUT2D eigenvalue weighted by molar-refractivity contribution is 5.71. The maximum atomic E-state index is 12.9. The highest BCUT2D eigenvalue weighted by Gasteiger charge is 2.19. The Labute approximate surface area is 456 Å². The first-order valence-corrected chi connectivity index (χ1v) is 30.5. The lowest BCUT2D eigenvalue weighted by atomic mass is 10.0. The van der Waals surface area contributed by atoms with Crippen LogP contribution in [0.1, 0.15) is 271 Å². The van der Waals surface area contributed by atoms with Crippen molar-refractivity contribution in [1.82, 2.24) is 0 Å². The molecular formula is C68H112O6. The SMILES string of the molecule is CC/C=C\C/C=C\C/C=C\C/C=C\C/C=C\CCCCCCCC(=O)OCC(COC(=O)CCCCCCCCCCCCCCCC)OC(=O)CCCCCCC/C=C\C/C=C\C/C=C\C/C=C\C/C=C\CC. The Balaban J connectivity index is 4.47. The fraction of sp³-hybridized carbons (Fsp3) is 0.662. The Morgan fingerprint density at radius 3 is 0.824 bits per heavy atom. The molecule has 0 radical (unpaired) electrons. The van der Waals surface area contributed by atoms with Crippen molar-refractivity contribution in [2.24, 2.45) is 0 Å². The summed E-state index contributed by atoms with van der Waals surface area (Å²) in [6.07, 6.45) is 84.7. The lowest BCUT2D eigenvalue weighted by Crippen LogP contribution is -2.30. The van der Waals surface area contributed by atoms with E-state index in [-0.39, 0.29) is 31.1 Å². The van der Waals surface area contributed by atoms with Gasteiger partial charge >= 0.3 is 17.9 Å². The highest BCUT2D eigenvalue weighted by Crippen LogP contribution is 2.15. The molecule has 0 rings (SSSR count).